The number of aromatic nitrogens is 1. The molecule has 1 aromatic heterocycles. The number of pyridine rings is 1. The molecule has 1 aromatic rings. The molecule has 0 atom stereocenters. The van der Waals surface area contributed by atoms with Gasteiger partial charge >= 0.3 is 5.97 Å². The van der Waals surface area contributed by atoms with Crippen LogP contribution < -0.4 is 5.32 Å². The smallest absolute Gasteiger partial charge is 0.328 e. The first-order valence-electron chi connectivity index (χ1n) is 7.30. The van der Waals surface area contributed by atoms with E-state index in [4.69, 9.17) is 5.11 Å². The second kappa shape index (κ2) is 5.68. The predicted molar refractivity (Wildman–Crippen MR) is 77.6 cm³/mol. The van der Waals surface area contributed by atoms with E-state index in [0.717, 1.165) is 6.08 Å². The maximum absolute atomic E-state index is 12.3. The Morgan fingerprint density at radius 2 is 1.90 bits per heavy atom. The predicted octanol–water partition coefficient (Wildman–Crippen LogP) is 2.10. The lowest BCUT2D eigenvalue weighted by Crippen LogP contribution is -2.38. The Morgan fingerprint density at radius 1 is 1.24 bits per heavy atom. The number of hydrogen-bond donors (Lipinski definition) is 2. The molecule has 21 heavy (non-hydrogen) atoms. The van der Waals surface area contributed by atoms with E-state index >= 15 is 0 Å². The number of nitrogens with zero attached hydrogens (tertiary/aromatic N) is 1. The van der Waals surface area contributed by atoms with E-state index in [-0.39, 0.29) is 5.91 Å². The van der Waals surface area contributed by atoms with Crippen molar-refractivity contribution in [3.8, 4) is 0 Å². The Labute approximate surface area is 123 Å². The van der Waals surface area contributed by atoms with Crippen molar-refractivity contribution in [2.75, 3.05) is 0 Å². The fourth-order valence-corrected chi connectivity index (χ4v) is 2.61. The van der Waals surface area contributed by atoms with Crippen LogP contribution in [0.2, 0.25) is 0 Å². The van der Waals surface area contributed by atoms with Gasteiger partial charge in [-0.2, -0.15) is 0 Å². The van der Waals surface area contributed by atoms with Crippen LogP contribution in [0.5, 0.6) is 0 Å². The topological polar surface area (TPSA) is 79.3 Å². The van der Waals surface area contributed by atoms with Gasteiger partial charge in [-0.15, -0.1) is 0 Å². The van der Waals surface area contributed by atoms with Gasteiger partial charge in [-0.3, -0.25) is 9.78 Å². The highest BCUT2D eigenvalue weighted by atomic mass is 16.4. The molecule has 1 heterocycles. The van der Waals surface area contributed by atoms with Crippen molar-refractivity contribution in [1.82, 2.24) is 10.3 Å². The van der Waals surface area contributed by atoms with E-state index in [0.29, 0.717) is 29.0 Å². The van der Waals surface area contributed by atoms with E-state index in [1.54, 1.807) is 6.07 Å². The SMILES string of the molecule is O=C(O)C=Cc1cncc(C(=O)NC(C2CC2)C2CC2)c1. The summed E-state index contributed by atoms with van der Waals surface area (Å²) in [6.45, 7) is 0. The van der Waals surface area contributed by atoms with Crippen molar-refractivity contribution in [3.05, 3.63) is 35.7 Å². The normalized spacial score (nSPS) is 18.1. The minimum atomic E-state index is -1.02. The standard InChI is InChI=1S/C16H18N2O3/c19-14(20)6-1-10-7-13(9-17-8-10)16(21)18-15(11-2-3-11)12-4-5-12/h1,6-9,11-12,15H,2-5H2,(H,18,21)(H,19,20). The number of carboxylic acid groups (broad SMARTS) is 1. The Balaban J connectivity index is 1.68. The van der Waals surface area contributed by atoms with Crippen LogP contribution in [0, 0.1) is 11.8 Å². The summed E-state index contributed by atoms with van der Waals surface area (Å²) in [5.74, 6) is 0.151. The third-order valence-electron chi connectivity index (χ3n) is 4.00. The number of hydrogen-bond acceptors (Lipinski definition) is 3. The van der Waals surface area contributed by atoms with Crippen molar-refractivity contribution >= 4 is 18.0 Å². The second-order valence-electron chi connectivity index (χ2n) is 5.85. The van der Waals surface area contributed by atoms with Gasteiger partial charge < -0.3 is 10.4 Å². The molecule has 0 saturated heterocycles. The van der Waals surface area contributed by atoms with Gasteiger partial charge in [0.1, 0.15) is 0 Å². The Bertz CT molecular complexity index is 577. The summed E-state index contributed by atoms with van der Waals surface area (Å²) in [6, 6.07) is 1.97. The highest BCUT2D eigenvalue weighted by Crippen LogP contribution is 2.44. The number of carboxylic acids is 1. The lowest BCUT2D eigenvalue weighted by molar-refractivity contribution is -0.131. The zero-order chi connectivity index (χ0) is 14.8. The highest BCUT2D eigenvalue weighted by molar-refractivity contribution is 5.95. The maximum Gasteiger partial charge on any atom is 0.328 e. The number of nitrogens with one attached hydrogen (secondary N) is 1. The summed E-state index contributed by atoms with van der Waals surface area (Å²) in [4.78, 5) is 26.8. The fourth-order valence-electron chi connectivity index (χ4n) is 2.61. The maximum atomic E-state index is 12.3. The van der Waals surface area contributed by atoms with Gasteiger partial charge in [0.2, 0.25) is 0 Å². The second-order valence-corrected chi connectivity index (χ2v) is 5.85. The summed E-state index contributed by atoms with van der Waals surface area (Å²) in [6.07, 6.45) is 10.4. The Hall–Kier alpha value is -2.17. The lowest BCUT2D eigenvalue weighted by Gasteiger charge is -2.17. The van der Waals surface area contributed by atoms with Gasteiger partial charge in [0.25, 0.3) is 5.91 Å². The molecule has 2 N–H and O–H groups in total. The van der Waals surface area contributed by atoms with Crippen LogP contribution in [0.25, 0.3) is 6.08 Å². The minimum Gasteiger partial charge on any atom is -0.478 e. The summed E-state index contributed by atoms with van der Waals surface area (Å²) in [7, 11) is 0. The van der Waals surface area contributed by atoms with Crippen molar-refractivity contribution in [2.45, 2.75) is 31.7 Å². The number of aliphatic carboxylic acids is 1. The quantitative estimate of drug-likeness (QED) is 0.785. The lowest BCUT2D eigenvalue weighted by atomic mass is 10.1. The third-order valence-corrected chi connectivity index (χ3v) is 4.00. The van der Waals surface area contributed by atoms with Gasteiger partial charge in [-0.05, 0) is 55.2 Å². The number of carbonyl (C=O) groups is 2. The largest absolute Gasteiger partial charge is 0.478 e. The fraction of sp³-hybridized carbons (Fsp3) is 0.438. The van der Waals surface area contributed by atoms with Gasteiger partial charge in [0.05, 0.1) is 5.56 Å². The molecule has 0 unspecified atom stereocenters. The zero-order valence-corrected chi connectivity index (χ0v) is 11.7. The average Bonchev–Trinajstić information content (AvgIpc) is 3.36. The Morgan fingerprint density at radius 3 is 2.48 bits per heavy atom. The van der Waals surface area contributed by atoms with Crippen molar-refractivity contribution < 1.29 is 14.7 Å². The van der Waals surface area contributed by atoms with Crippen LogP contribution in [-0.4, -0.2) is 28.0 Å². The first kappa shape index (κ1) is 13.8. The highest BCUT2D eigenvalue weighted by Gasteiger charge is 2.42. The van der Waals surface area contributed by atoms with Crippen LogP contribution >= 0.6 is 0 Å². The molecule has 0 spiro atoms. The van der Waals surface area contributed by atoms with Gasteiger partial charge in [-0.1, -0.05) is 0 Å². The molecule has 3 rings (SSSR count). The van der Waals surface area contributed by atoms with Gasteiger partial charge in [0, 0.05) is 24.5 Å². The molecule has 0 aromatic carbocycles. The molecule has 2 aliphatic rings. The van der Waals surface area contributed by atoms with Crippen molar-refractivity contribution in [3.63, 3.8) is 0 Å². The molecule has 0 aliphatic heterocycles. The van der Waals surface area contributed by atoms with Crippen molar-refractivity contribution in [1.29, 1.82) is 0 Å². The van der Waals surface area contributed by atoms with Crippen LogP contribution in [-0.2, 0) is 4.79 Å². The van der Waals surface area contributed by atoms with Crippen LogP contribution in [0.15, 0.2) is 24.5 Å². The number of carbonyl (C=O) groups excluding carboxylic acids is 1. The van der Waals surface area contributed by atoms with Crippen LogP contribution in [0.4, 0.5) is 0 Å². The number of rotatable bonds is 6. The van der Waals surface area contributed by atoms with Crippen molar-refractivity contribution in [2.24, 2.45) is 11.8 Å². The Kier molecular flexibility index (Phi) is 3.73. The van der Waals surface area contributed by atoms with Gasteiger partial charge in [0.15, 0.2) is 0 Å². The summed E-state index contributed by atoms with van der Waals surface area (Å²) in [5.41, 5.74) is 1.09. The first-order chi connectivity index (χ1) is 10.1. The molecule has 0 radical (unpaired) electrons. The first-order valence-corrected chi connectivity index (χ1v) is 7.30. The molecule has 1 amide bonds. The van der Waals surface area contributed by atoms with Gasteiger partial charge in [-0.25, -0.2) is 4.79 Å². The molecule has 2 saturated carbocycles. The monoisotopic (exact) mass is 286 g/mol. The van der Waals surface area contributed by atoms with E-state index in [2.05, 4.69) is 10.3 Å². The third kappa shape index (κ3) is 3.68. The van der Waals surface area contributed by atoms with E-state index in [1.807, 2.05) is 0 Å². The molecule has 5 heteroatoms. The molecule has 5 nitrogen and oxygen atoms in total. The molecular weight excluding hydrogens is 268 g/mol. The molecular formula is C16H18N2O3. The summed E-state index contributed by atoms with van der Waals surface area (Å²) < 4.78 is 0. The molecule has 2 aliphatic carbocycles. The van der Waals surface area contributed by atoms with Crippen LogP contribution in [0.3, 0.4) is 0 Å². The zero-order valence-electron chi connectivity index (χ0n) is 11.7. The summed E-state index contributed by atoms with van der Waals surface area (Å²) >= 11 is 0. The number of amides is 1. The minimum absolute atomic E-state index is 0.114. The van der Waals surface area contributed by atoms with E-state index in [9.17, 15) is 9.59 Å². The van der Waals surface area contributed by atoms with E-state index < -0.39 is 5.97 Å². The molecule has 110 valence electrons. The molecule has 0 bridgehead atoms. The summed E-state index contributed by atoms with van der Waals surface area (Å²) in [5, 5.41) is 11.8. The average molecular weight is 286 g/mol. The van der Waals surface area contributed by atoms with Crippen LogP contribution in [0.1, 0.15) is 41.6 Å². The molecule has 2 fully saturated rings. The van der Waals surface area contributed by atoms with E-state index in [1.165, 1.54) is 44.2 Å².